The molecule has 1 aliphatic rings. The van der Waals surface area contributed by atoms with Crippen molar-refractivity contribution in [2.75, 3.05) is 66.7 Å². The molecule has 0 atom stereocenters. The van der Waals surface area contributed by atoms with E-state index in [1.54, 1.807) is 14.2 Å². The molecule has 1 aromatic carbocycles. The van der Waals surface area contributed by atoms with Crippen LogP contribution in [-0.2, 0) is 11.2 Å². The lowest BCUT2D eigenvalue weighted by Crippen LogP contribution is -2.39. The second kappa shape index (κ2) is 14.9. The summed E-state index contributed by atoms with van der Waals surface area (Å²) in [4.78, 5) is 7.33. The third kappa shape index (κ3) is 9.35. The summed E-state index contributed by atoms with van der Waals surface area (Å²) in [6.45, 7) is 11.5. The molecule has 0 radical (unpaired) electrons. The standard InChI is InChI=1S/C24H42N4O3/c1-5-25-24(27-19-21-11-14-28(15-12-21)16-17-29-3)26-13-7-8-20-9-10-22(30-4)23(18-20)31-6-2/h9-10,18,21H,5-8,11-17,19H2,1-4H3,(H2,25,26,27). The molecule has 31 heavy (non-hydrogen) atoms. The number of hydrogen-bond acceptors (Lipinski definition) is 5. The number of likely N-dealkylation sites (tertiary alicyclic amines) is 1. The van der Waals surface area contributed by atoms with Crippen LogP contribution < -0.4 is 20.1 Å². The summed E-state index contributed by atoms with van der Waals surface area (Å²) < 4.78 is 16.2. The summed E-state index contributed by atoms with van der Waals surface area (Å²) in [5.74, 6) is 3.20. The van der Waals surface area contributed by atoms with E-state index in [2.05, 4.69) is 34.6 Å². The maximum absolute atomic E-state index is 5.68. The van der Waals surface area contributed by atoms with E-state index in [9.17, 15) is 0 Å². The van der Waals surface area contributed by atoms with Crippen LogP contribution in [0.3, 0.4) is 0 Å². The van der Waals surface area contributed by atoms with Gasteiger partial charge in [-0.25, -0.2) is 0 Å². The van der Waals surface area contributed by atoms with Crippen molar-refractivity contribution in [2.45, 2.75) is 39.5 Å². The second-order valence-corrected chi connectivity index (χ2v) is 7.95. The minimum absolute atomic E-state index is 0.635. The Morgan fingerprint density at radius 2 is 1.94 bits per heavy atom. The van der Waals surface area contributed by atoms with E-state index in [1.165, 1.54) is 18.4 Å². The average Bonchev–Trinajstić information content (AvgIpc) is 2.80. The molecule has 1 heterocycles. The maximum Gasteiger partial charge on any atom is 0.191 e. The predicted octanol–water partition coefficient (Wildman–Crippen LogP) is 2.94. The molecule has 0 amide bonds. The highest BCUT2D eigenvalue weighted by molar-refractivity contribution is 5.79. The Bertz CT molecular complexity index is 646. The fourth-order valence-corrected chi connectivity index (χ4v) is 3.82. The van der Waals surface area contributed by atoms with E-state index in [-0.39, 0.29) is 0 Å². The van der Waals surface area contributed by atoms with E-state index in [1.807, 2.05) is 13.0 Å². The molecule has 2 rings (SSSR count). The van der Waals surface area contributed by atoms with E-state index < -0.39 is 0 Å². The summed E-state index contributed by atoms with van der Waals surface area (Å²) in [6, 6.07) is 6.18. The van der Waals surface area contributed by atoms with Crippen molar-refractivity contribution in [2.24, 2.45) is 10.9 Å². The van der Waals surface area contributed by atoms with Crippen LogP contribution in [0, 0.1) is 5.92 Å². The summed E-state index contributed by atoms with van der Waals surface area (Å²) in [5.41, 5.74) is 1.26. The number of hydrogen-bond donors (Lipinski definition) is 2. The molecule has 2 N–H and O–H groups in total. The SMILES string of the molecule is CCNC(=NCC1CCN(CCOC)CC1)NCCCc1ccc(OC)c(OCC)c1. The number of aryl methyl sites for hydroxylation is 1. The largest absolute Gasteiger partial charge is 0.493 e. The van der Waals surface area contributed by atoms with E-state index in [0.29, 0.717) is 12.5 Å². The summed E-state index contributed by atoms with van der Waals surface area (Å²) in [6.07, 6.45) is 4.44. The van der Waals surface area contributed by atoms with E-state index in [0.717, 1.165) is 76.2 Å². The molecule has 1 saturated heterocycles. The Morgan fingerprint density at radius 3 is 2.61 bits per heavy atom. The van der Waals surface area contributed by atoms with Gasteiger partial charge in [-0.05, 0) is 76.2 Å². The van der Waals surface area contributed by atoms with Gasteiger partial charge in [0.2, 0.25) is 0 Å². The van der Waals surface area contributed by atoms with Gasteiger partial charge >= 0.3 is 0 Å². The smallest absolute Gasteiger partial charge is 0.191 e. The maximum atomic E-state index is 5.68. The lowest BCUT2D eigenvalue weighted by atomic mass is 9.97. The lowest BCUT2D eigenvalue weighted by molar-refractivity contribution is 0.121. The third-order valence-electron chi connectivity index (χ3n) is 5.63. The first kappa shape index (κ1) is 25.3. The van der Waals surface area contributed by atoms with Gasteiger partial charge in [-0.2, -0.15) is 0 Å². The first-order valence-corrected chi connectivity index (χ1v) is 11.7. The predicted molar refractivity (Wildman–Crippen MR) is 128 cm³/mol. The molecule has 7 nitrogen and oxygen atoms in total. The molecule has 0 aliphatic carbocycles. The minimum atomic E-state index is 0.635. The van der Waals surface area contributed by atoms with Crippen molar-refractivity contribution in [3.8, 4) is 11.5 Å². The van der Waals surface area contributed by atoms with Crippen LogP contribution in [0.1, 0.15) is 38.7 Å². The highest BCUT2D eigenvalue weighted by Crippen LogP contribution is 2.28. The zero-order valence-electron chi connectivity index (χ0n) is 19.9. The normalized spacial score (nSPS) is 15.7. The Kier molecular flexibility index (Phi) is 12.2. The highest BCUT2D eigenvalue weighted by atomic mass is 16.5. The topological polar surface area (TPSA) is 67.4 Å². The Hall–Kier alpha value is -1.99. The van der Waals surface area contributed by atoms with Crippen LogP contribution in [0.2, 0.25) is 0 Å². The van der Waals surface area contributed by atoms with Gasteiger partial charge < -0.3 is 29.7 Å². The molecule has 0 aromatic heterocycles. The lowest BCUT2D eigenvalue weighted by Gasteiger charge is -2.31. The zero-order valence-corrected chi connectivity index (χ0v) is 19.9. The number of aliphatic imine (C=N–C) groups is 1. The summed E-state index contributed by atoms with van der Waals surface area (Å²) in [5, 5.41) is 6.86. The molecule has 1 aromatic rings. The number of rotatable bonds is 13. The first-order chi connectivity index (χ1) is 15.2. The molecule has 7 heteroatoms. The van der Waals surface area contributed by atoms with Crippen molar-refractivity contribution in [1.82, 2.24) is 15.5 Å². The van der Waals surface area contributed by atoms with Crippen molar-refractivity contribution in [3.05, 3.63) is 23.8 Å². The van der Waals surface area contributed by atoms with Crippen molar-refractivity contribution in [1.29, 1.82) is 0 Å². The Labute approximate surface area is 188 Å². The molecular weight excluding hydrogens is 392 g/mol. The van der Waals surface area contributed by atoms with Gasteiger partial charge in [-0.15, -0.1) is 0 Å². The molecule has 176 valence electrons. The van der Waals surface area contributed by atoms with Crippen LogP contribution in [-0.4, -0.2) is 77.6 Å². The van der Waals surface area contributed by atoms with Gasteiger partial charge in [0, 0.05) is 33.3 Å². The van der Waals surface area contributed by atoms with Gasteiger partial charge in [0.25, 0.3) is 0 Å². The molecule has 0 bridgehead atoms. The van der Waals surface area contributed by atoms with Crippen LogP contribution in [0.25, 0.3) is 0 Å². The van der Waals surface area contributed by atoms with Crippen LogP contribution in [0.15, 0.2) is 23.2 Å². The zero-order chi connectivity index (χ0) is 22.3. The summed E-state index contributed by atoms with van der Waals surface area (Å²) in [7, 11) is 3.44. The van der Waals surface area contributed by atoms with Crippen LogP contribution >= 0.6 is 0 Å². The van der Waals surface area contributed by atoms with Crippen LogP contribution in [0.4, 0.5) is 0 Å². The molecule has 1 aliphatic heterocycles. The van der Waals surface area contributed by atoms with E-state index in [4.69, 9.17) is 19.2 Å². The summed E-state index contributed by atoms with van der Waals surface area (Å²) >= 11 is 0. The van der Waals surface area contributed by atoms with Crippen LogP contribution in [0.5, 0.6) is 11.5 Å². The number of guanidine groups is 1. The Morgan fingerprint density at radius 1 is 1.13 bits per heavy atom. The number of nitrogens with one attached hydrogen (secondary N) is 2. The monoisotopic (exact) mass is 434 g/mol. The van der Waals surface area contributed by atoms with Gasteiger partial charge in [-0.3, -0.25) is 4.99 Å². The Balaban J connectivity index is 1.74. The fraction of sp³-hybridized carbons (Fsp3) is 0.708. The molecule has 0 saturated carbocycles. The number of methoxy groups -OCH3 is 2. The quantitative estimate of drug-likeness (QED) is 0.283. The first-order valence-electron chi connectivity index (χ1n) is 11.7. The minimum Gasteiger partial charge on any atom is -0.493 e. The van der Waals surface area contributed by atoms with Gasteiger partial charge in [0.05, 0.1) is 20.3 Å². The van der Waals surface area contributed by atoms with Gasteiger partial charge in [-0.1, -0.05) is 6.07 Å². The third-order valence-corrected chi connectivity index (χ3v) is 5.63. The highest BCUT2D eigenvalue weighted by Gasteiger charge is 2.18. The molecular formula is C24H42N4O3. The number of piperidine rings is 1. The average molecular weight is 435 g/mol. The fourth-order valence-electron chi connectivity index (χ4n) is 3.82. The van der Waals surface area contributed by atoms with Crippen molar-refractivity contribution >= 4 is 5.96 Å². The van der Waals surface area contributed by atoms with Crippen molar-refractivity contribution in [3.63, 3.8) is 0 Å². The number of ether oxygens (including phenoxy) is 3. The molecule has 1 fully saturated rings. The van der Waals surface area contributed by atoms with E-state index >= 15 is 0 Å². The molecule has 0 unspecified atom stereocenters. The van der Waals surface area contributed by atoms with Gasteiger partial charge in [0.1, 0.15) is 0 Å². The van der Waals surface area contributed by atoms with Crippen molar-refractivity contribution < 1.29 is 14.2 Å². The number of nitrogens with zero attached hydrogens (tertiary/aromatic N) is 2. The van der Waals surface area contributed by atoms with Gasteiger partial charge in [0.15, 0.2) is 17.5 Å². The molecule has 0 spiro atoms. The second-order valence-electron chi connectivity index (χ2n) is 7.95. The number of benzene rings is 1.